The summed E-state index contributed by atoms with van der Waals surface area (Å²) in [6.07, 6.45) is 9.38. The van der Waals surface area contributed by atoms with Gasteiger partial charge in [-0.05, 0) is 6.08 Å². The molecule has 2 aromatic rings. The van der Waals surface area contributed by atoms with Gasteiger partial charge < -0.3 is 19.7 Å². The van der Waals surface area contributed by atoms with Crippen molar-refractivity contribution < 1.29 is 14.3 Å². The van der Waals surface area contributed by atoms with Crippen LogP contribution in [-0.2, 0) is 23.0 Å². The summed E-state index contributed by atoms with van der Waals surface area (Å²) in [4.78, 5) is 22.6. The van der Waals surface area contributed by atoms with E-state index in [1.54, 1.807) is 15.8 Å². The van der Waals surface area contributed by atoms with Crippen LogP contribution in [0, 0.1) is 0 Å². The van der Waals surface area contributed by atoms with Crippen molar-refractivity contribution in [2.75, 3.05) is 31.6 Å². The van der Waals surface area contributed by atoms with Crippen LogP contribution in [0.15, 0.2) is 31.1 Å². The molecule has 4 rings (SSSR count). The van der Waals surface area contributed by atoms with Crippen LogP contribution in [0.25, 0.3) is 6.08 Å². The Morgan fingerprint density at radius 1 is 1.50 bits per heavy atom. The predicted octanol–water partition coefficient (Wildman–Crippen LogP) is 1.32. The zero-order valence-electron chi connectivity index (χ0n) is 15.7. The highest BCUT2D eigenvalue weighted by Crippen LogP contribution is 2.28. The third-order valence-electron chi connectivity index (χ3n) is 4.58. The summed E-state index contributed by atoms with van der Waals surface area (Å²) in [5.74, 6) is 0.863. The molecular formula is C19H22N6O3. The van der Waals surface area contributed by atoms with Crippen LogP contribution in [0.3, 0.4) is 0 Å². The van der Waals surface area contributed by atoms with Crippen molar-refractivity contribution in [3.63, 3.8) is 0 Å². The average Bonchev–Trinajstić information content (AvgIpc) is 3.34. The number of carbonyl (C=O) groups excluding carboxylic acids is 1. The number of fused-ring (bicyclic) bond motifs is 1. The van der Waals surface area contributed by atoms with Gasteiger partial charge in [-0.15, -0.1) is 0 Å². The zero-order chi connectivity index (χ0) is 19.5. The summed E-state index contributed by atoms with van der Waals surface area (Å²) in [5, 5.41) is 7.29. The molecule has 146 valence electrons. The number of amides is 1. The number of hydrogen-bond acceptors (Lipinski definition) is 7. The monoisotopic (exact) mass is 382 g/mol. The van der Waals surface area contributed by atoms with Gasteiger partial charge in [0.2, 0.25) is 17.7 Å². The van der Waals surface area contributed by atoms with Gasteiger partial charge in [-0.2, -0.15) is 10.1 Å². The number of nitrogens with one attached hydrogen (secondary N) is 1. The molecule has 0 spiro atoms. The van der Waals surface area contributed by atoms with Crippen molar-refractivity contribution in [1.82, 2.24) is 24.6 Å². The van der Waals surface area contributed by atoms with E-state index in [0.29, 0.717) is 38.1 Å². The quantitative estimate of drug-likeness (QED) is 0.753. The third-order valence-corrected chi connectivity index (χ3v) is 4.58. The number of aromatic nitrogens is 4. The van der Waals surface area contributed by atoms with Gasteiger partial charge in [-0.1, -0.05) is 18.7 Å². The zero-order valence-corrected chi connectivity index (χ0v) is 15.7. The van der Waals surface area contributed by atoms with E-state index in [1.807, 2.05) is 25.4 Å². The molecule has 28 heavy (non-hydrogen) atoms. The number of anilines is 2. The first kappa shape index (κ1) is 18.2. The topological polar surface area (TPSA) is 94.4 Å². The Morgan fingerprint density at radius 2 is 2.39 bits per heavy atom. The molecule has 0 saturated carbocycles. The lowest BCUT2D eigenvalue weighted by Gasteiger charge is -2.32. The Labute approximate surface area is 162 Å². The molecule has 0 aromatic carbocycles. The van der Waals surface area contributed by atoms with E-state index in [-0.39, 0.29) is 12.0 Å². The normalized spacial score (nSPS) is 18.0. The van der Waals surface area contributed by atoms with E-state index in [9.17, 15) is 4.79 Å². The van der Waals surface area contributed by atoms with Crippen molar-refractivity contribution in [1.29, 1.82) is 0 Å². The fourth-order valence-electron chi connectivity index (χ4n) is 3.21. The molecule has 9 heteroatoms. The summed E-state index contributed by atoms with van der Waals surface area (Å²) in [6, 6.07) is 0. The highest BCUT2D eigenvalue weighted by atomic mass is 16.5. The van der Waals surface area contributed by atoms with Gasteiger partial charge in [0.05, 0.1) is 36.3 Å². The summed E-state index contributed by atoms with van der Waals surface area (Å²) < 4.78 is 13.4. The molecule has 1 saturated heterocycles. The highest BCUT2D eigenvalue weighted by molar-refractivity contribution is 5.87. The molecule has 2 aliphatic rings. The molecule has 1 N–H and O–H groups in total. The summed E-state index contributed by atoms with van der Waals surface area (Å²) in [6.45, 7) is 5.34. The number of ether oxygens (including phenoxy) is 2. The van der Waals surface area contributed by atoms with Gasteiger partial charge in [0.25, 0.3) is 0 Å². The molecule has 0 unspecified atom stereocenters. The smallest absolute Gasteiger partial charge is 0.246 e. The standard InChI is InChI=1S/C19H22N6O3/c1-3-17(26)25-7-8-27-14(11-25)12-28-18-15-5-4-6-16(15)22-19(23-18)21-13-9-20-24(2)10-13/h3-5,9-10,14H,1,6-8,11-12H2,2H3,(H,21,22,23)/t14-/m0/s1. The van der Waals surface area contributed by atoms with E-state index in [4.69, 9.17) is 9.47 Å². The minimum absolute atomic E-state index is 0.0953. The number of rotatable bonds is 6. The second-order valence-electron chi connectivity index (χ2n) is 6.64. The molecule has 9 nitrogen and oxygen atoms in total. The maximum Gasteiger partial charge on any atom is 0.246 e. The second-order valence-corrected chi connectivity index (χ2v) is 6.64. The Hall–Kier alpha value is -3.20. The minimum atomic E-state index is -0.219. The van der Waals surface area contributed by atoms with E-state index < -0.39 is 0 Å². The van der Waals surface area contributed by atoms with Crippen LogP contribution in [-0.4, -0.2) is 63.0 Å². The number of morpholine rings is 1. The molecule has 1 aliphatic heterocycles. The predicted molar refractivity (Wildman–Crippen MR) is 103 cm³/mol. The number of aryl methyl sites for hydroxylation is 1. The first-order valence-electron chi connectivity index (χ1n) is 9.11. The minimum Gasteiger partial charge on any atom is -0.474 e. The Morgan fingerprint density at radius 3 is 3.18 bits per heavy atom. The Kier molecular flexibility index (Phi) is 5.07. The van der Waals surface area contributed by atoms with Crippen LogP contribution in [0.1, 0.15) is 11.3 Å². The number of hydrogen-bond donors (Lipinski definition) is 1. The van der Waals surface area contributed by atoms with Gasteiger partial charge in [-0.25, -0.2) is 4.98 Å². The van der Waals surface area contributed by atoms with Crippen LogP contribution < -0.4 is 10.1 Å². The number of carbonyl (C=O) groups is 1. The lowest BCUT2D eigenvalue weighted by Crippen LogP contribution is -2.47. The molecule has 1 amide bonds. The van der Waals surface area contributed by atoms with E-state index in [1.165, 1.54) is 6.08 Å². The molecule has 1 atom stereocenters. The van der Waals surface area contributed by atoms with Gasteiger partial charge in [0.1, 0.15) is 12.7 Å². The van der Waals surface area contributed by atoms with E-state index in [0.717, 1.165) is 23.4 Å². The van der Waals surface area contributed by atoms with Crippen LogP contribution in [0.4, 0.5) is 11.6 Å². The van der Waals surface area contributed by atoms with Gasteiger partial charge in [0, 0.05) is 26.2 Å². The van der Waals surface area contributed by atoms with Crippen LogP contribution in [0.2, 0.25) is 0 Å². The number of nitrogens with zero attached hydrogens (tertiary/aromatic N) is 5. The molecule has 3 heterocycles. The lowest BCUT2D eigenvalue weighted by atomic mass is 10.2. The van der Waals surface area contributed by atoms with E-state index in [2.05, 4.69) is 27.0 Å². The first-order chi connectivity index (χ1) is 13.6. The SMILES string of the molecule is C=CC(=O)N1CCO[C@H](COc2nc(Nc3cnn(C)c3)nc3c2C=CC3)C1. The van der Waals surface area contributed by atoms with Crippen molar-refractivity contribution >= 4 is 23.6 Å². The molecule has 0 radical (unpaired) electrons. The fraction of sp³-hybridized carbons (Fsp3) is 0.368. The van der Waals surface area contributed by atoms with Gasteiger partial charge in [0.15, 0.2) is 0 Å². The van der Waals surface area contributed by atoms with Crippen molar-refractivity contribution in [2.24, 2.45) is 7.05 Å². The van der Waals surface area contributed by atoms with Crippen molar-refractivity contribution in [2.45, 2.75) is 12.5 Å². The van der Waals surface area contributed by atoms with E-state index >= 15 is 0 Å². The maximum atomic E-state index is 11.8. The number of allylic oxidation sites excluding steroid dienone is 1. The third kappa shape index (κ3) is 3.89. The molecule has 0 bridgehead atoms. The van der Waals surface area contributed by atoms with Crippen LogP contribution >= 0.6 is 0 Å². The lowest BCUT2D eigenvalue weighted by molar-refractivity contribution is -0.134. The second kappa shape index (κ2) is 7.81. The first-order valence-corrected chi connectivity index (χ1v) is 9.11. The highest BCUT2D eigenvalue weighted by Gasteiger charge is 2.25. The molecule has 2 aromatic heterocycles. The Balaban J connectivity index is 1.47. The van der Waals surface area contributed by atoms with Crippen molar-refractivity contribution in [3.05, 3.63) is 42.4 Å². The summed E-state index contributed by atoms with van der Waals surface area (Å²) in [5.41, 5.74) is 2.59. The van der Waals surface area contributed by atoms with Gasteiger partial charge in [-0.3, -0.25) is 9.48 Å². The maximum absolute atomic E-state index is 11.8. The molecule has 1 aliphatic carbocycles. The Bertz CT molecular complexity index is 922. The molecule has 1 fully saturated rings. The molecular weight excluding hydrogens is 360 g/mol. The fourth-order valence-corrected chi connectivity index (χ4v) is 3.21. The average molecular weight is 382 g/mol. The van der Waals surface area contributed by atoms with Gasteiger partial charge >= 0.3 is 0 Å². The summed E-state index contributed by atoms with van der Waals surface area (Å²) >= 11 is 0. The largest absolute Gasteiger partial charge is 0.474 e. The van der Waals surface area contributed by atoms with Crippen LogP contribution in [0.5, 0.6) is 5.88 Å². The van der Waals surface area contributed by atoms with Crippen molar-refractivity contribution in [3.8, 4) is 5.88 Å². The summed E-state index contributed by atoms with van der Waals surface area (Å²) in [7, 11) is 1.84.